The van der Waals surface area contributed by atoms with Gasteiger partial charge in [0.05, 0.1) is 6.61 Å². The molecule has 0 bridgehead atoms. The van der Waals surface area contributed by atoms with E-state index in [1.807, 2.05) is 30.3 Å². The topological polar surface area (TPSA) is 75.7 Å². The molecule has 0 heterocycles. The van der Waals surface area contributed by atoms with E-state index in [2.05, 4.69) is 52.0 Å². The summed E-state index contributed by atoms with van der Waals surface area (Å²) in [6.45, 7) is 11.3. The number of carbonyl (C=O) groups excluding carboxylic acids is 3. The van der Waals surface area contributed by atoms with Crippen LogP contribution in [0.2, 0.25) is 0 Å². The smallest absolute Gasteiger partial charge is 0.302 e. The van der Waals surface area contributed by atoms with E-state index in [4.69, 9.17) is 4.74 Å². The SMILES string of the molecule is CC(=O)OC[C@@]1(C)[C@@H](NC(=O)c2ccccc2)CC[C@]23C[C@]24C(=O)C[C@]2(C)[C@@H]([C@H](C)N(C)C)CC[C@@]2(C)[C@@H]4CC[C@@H]13. The van der Waals surface area contributed by atoms with Crippen LogP contribution in [0, 0.1) is 44.8 Å². The van der Waals surface area contributed by atoms with Gasteiger partial charge in [-0.05, 0) is 112 Å². The fourth-order valence-electron chi connectivity index (χ4n) is 11.6. The Bertz CT molecular complexity index is 1250. The molecule has 5 aliphatic carbocycles. The van der Waals surface area contributed by atoms with Crippen molar-refractivity contribution in [1.82, 2.24) is 10.2 Å². The van der Waals surface area contributed by atoms with Crippen LogP contribution in [0.1, 0.15) is 96.3 Å². The Kier molecular flexibility index (Phi) is 6.62. The summed E-state index contributed by atoms with van der Waals surface area (Å²) in [6, 6.07) is 9.70. The first-order chi connectivity index (χ1) is 19.3. The lowest BCUT2D eigenvalue weighted by Gasteiger charge is -2.63. The Morgan fingerprint density at radius 3 is 2.34 bits per heavy atom. The third-order valence-corrected chi connectivity index (χ3v) is 14.1. The molecule has 1 N–H and O–H groups in total. The minimum absolute atomic E-state index is 0.0161. The molecule has 0 unspecified atom stereocenters. The summed E-state index contributed by atoms with van der Waals surface area (Å²) in [6.07, 6.45) is 7.89. The van der Waals surface area contributed by atoms with Gasteiger partial charge in [0.25, 0.3) is 5.91 Å². The van der Waals surface area contributed by atoms with Crippen molar-refractivity contribution in [1.29, 1.82) is 0 Å². The quantitative estimate of drug-likeness (QED) is 0.437. The number of nitrogens with one attached hydrogen (secondary N) is 1. The summed E-state index contributed by atoms with van der Waals surface area (Å²) in [5.41, 5.74) is 0.0730. The van der Waals surface area contributed by atoms with Crippen LogP contribution in [0.4, 0.5) is 0 Å². The van der Waals surface area contributed by atoms with Crippen molar-refractivity contribution < 1.29 is 19.1 Å². The molecule has 5 aliphatic rings. The molecule has 2 spiro atoms. The standard InChI is InChI=1S/C35H50N2O4/c1-22(37(6)7)25-15-17-32(4)27-14-13-26-31(3,21-41-23(2)38)28(36-30(40)24-11-9-8-10-12-24)16-18-34(26)20-35(27,34)29(39)19-33(25,32)5/h8-12,22,25-28H,13-21H2,1-7H3,(H,36,40)/t22-,25+,26-,27-,28-,31+,32-,33+,34+,35-/m0/s1. The zero-order chi connectivity index (χ0) is 29.6. The number of ether oxygens (including phenoxy) is 1. The fraction of sp³-hybridized carbons (Fsp3) is 0.743. The van der Waals surface area contributed by atoms with E-state index in [9.17, 15) is 14.4 Å². The Balaban J connectivity index is 1.34. The summed E-state index contributed by atoms with van der Waals surface area (Å²) in [5.74, 6) is 1.30. The van der Waals surface area contributed by atoms with Gasteiger partial charge in [-0.25, -0.2) is 0 Å². The van der Waals surface area contributed by atoms with Crippen LogP contribution in [0.3, 0.4) is 0 Å². The molecule has 6 nitrogen and oxygen atoms in total. The van der Waals surface area contributed by atoms with E-state index >= 15 is 0 Å². The average Bonchev–Trinajstić information content (AvgIpc) is 3.55. The van der Waals surface area contributed by atoms with E-state index in [-0.39, 0.29) is 52.1 Å². The molecular weight excluding hydrogens is 512 g/mol. The number of amides is 1. The van der Waals surface area contributed by atoms with Crippen molar-refractivity contribution in [2.24, 2.45) is 44.8 Å². The Hall–Kier alpha value is -2.21. The zero-order valence-electron chi connectivity index (χ0n) is 26.2. The van der Waals surface area contributed by atoms with Crippen LogP contribution >= 0.6 is 0 Å². The highest BCUT2D eigenvalue weighted by Gasteiger charge is 2.85. The molecule has 0 aliphatic heterocycles. The molecule has 6 heteroatoms. The van der Waals surface area contributed by atoms with E-state index in [0.29, 0.717) is 35.6 Å². The predicted octanol–water partition coefficient (Wildman–Crippen LogP) is 5.90. The highest BCUT2D eigenvalue weighted by molar-refractivity contribution is 5.94. The summed E-state index contributed by atoms with van der Waals surface area (Å²) in [5, 5.41) is 3.36. The Morgan fingerprint density at radius 1 is 1.00 bits per heavy atom. The second-order valence-electron chi connectivity index (χ2n) is 15.5. The van der Waals surface area contributed by atoms with Crippen molar-refractivity contribution in [3.8, 4) is 0 Å². The lowest BCUT2D eigenvalue weighted by molar-refractivity contribution is -0.176. The van der Waals surface area contributed by atoms with Crippen molar-refractivity contribution >= 4 is 17.7 Å². The third-order valence-electron chi connectivity index (χ3n) is 14.1. The second kappa shape index (κ2) is 9.39. The number of ketones is 1. The van der Waals surface area contributed by atoms with Gasteiger partial charge in [-0.1, -0.05) is 39.0 Å². The van der Waals surface area contributed by atoms with Crippen molar-refractivity contribution in [3.63, 3.8) is 0 Å². The number of carbonyl (C=O) groups is 3. The first-order valence-electron chi connectivity index (χ1n) is 16.0. The molecule has 5 saturated carbocycles. The number of hydrogen-bond donors (Lipinski definition) is 1. The molecule has 41 heavy (non-hydrogen) atoms. The first-order valence-corrected chi connectivity index (χ1v) is 16.0. The molecule has 0 saturated heterocycles. The van der Waals surface area contributed by atoms with Gasteiger partial charge in [0, 0.05) is 41.8 Å². The number of fused-ring (bicyclic) bond motifs is 2. The molecule has 1 amide bonds. The lowest BCUT2D eigenvalue weighted by atomic mass is 9.41. The van der Waals surface area contributed by atoms with Gasteiger partial charge in [0.2, 0.25) is 0 Å². The predicted molar refractivity (Wildman–Crippen MR) is 159 cm³/mol. The molecule has 1 aromatic carbocycles. The van der Waals surface area contributed by atoms with Crippen molar-refractivity contribution in [2.75, 3.05) is 20.7 Å². The molecule has 0 aromatic heterocycles. The molecule has 1 aromatic rings. The summed E-state index contributed by atoms with van der Waals surface area (Å²) < 4.78 is 5.76. The molecule has 6 rings (SSSR count). The van der Waals surface area contributed by atoms with Crippen LogP contribution in [0.5, 0.6) is 0 Å². The highest BCUT2D eigenvalue weighted by atomic mass is 16.5. The van der Waals surface area contributed by atoms with Crippen LogP contribution in [0.15, 0.2) is 30.3 Å². The first kappa shape index (κ1) is 28.9. The number of esters is 1. The summed E-state index contributed by atoms with van der Waals surface area (Å²) >= 11 is 0. The van der Waals surface area contributed by atoms with E-state index < -0.39 is 5.41 Å². The number of benzene rings is 1. The maximum absolute atomic E-state index is 14.6. The molecular formula is C35H50N2O4. The summed E-state index contributed by atoms with van der Waals surface area (Å²) in [7, 11) is 4.35. The molecule has 0 radical (unpaired) electrons. The molecule has 10 atom stereocenters. The molecule has 5 fully saturated rings. The van der Waals surface area contributed by atoms with Gasteiger partial charge < -0.3 is 15.0 Å². The van der Waals surface area contributed by atoms with E-state index in [1.54, 1.807) is 0 Å². The third kappa shape index (κ3) is 3.74. The van der Waals surface area contributed by atoms with Crippen molar-refractivity contribution in [2.45, 2.75) is 98.1 Å². The minimum Gasteiger partial charge on any atom is -0.465 e. The van der Waals surface area contributed by atoms with Crippen molar-refractivity contribution in [3.05, 3.63) is 35.9 Å². The largest absolute Gasteiger partial charge is 0.465 e. The van der Waals surface area contributed by atoms with Gasteiger partial charge in [-0.15, -0.1) is 0 Å². The highest BCUT2D eigenvalue weighted by Crippen LogP contribution is 2.88. The number of rotatable bonds is 6. The van der Waals surface area contributed by atoms with Crippen LogP contribution in [-0.4, -0.2) is 55.3 Å². The van der Waals surface area contributed by atoms with Gasteiger partial charge >= 0.3 is 5.97 Å². The maximum atomic E-state index is 14.6. The number of Topliss-reactive ketones (excluding diaryl/α,β-unsaturated/α-hetero) is 1. The lowest BCUT2D eigenvalue weighted by Crippen LogP contribution is -2.64. The minimum atomic E-state index is -0.428. The van der Waals surface area contributed by atoms with Crippen LogP contribution in [0.25, 0.3) is 0 Å². The van der Waals surface area contributed by atoms with Gasteiger partial charge in [0.15, 0.2) is 0 Å². The number of nitrogens with zero attached hydrogens (tertiary/aromatic N) is 1. The summed E-state index contributed by atoms with van der Waals surface area (Å²) in [4.78, 5) is 42.4. The van der Waals surface area contributed by atoms with E-state index in [1.165, 1.54) is 19.8 Å². The van der Waals surface area contributed by atoms with Crippen LogP contribution < -0.4 is 5.32 Å². The zero-order valence-corrected chi connectivity index (χ0v) is 26.2. The average molecular weight is 563 g/mol. The van der Waals surface area contributed by atoms with E-state index in [0.717, 1.165) is 32.1 Å². The Labute approximate surface area is 246 Å². The van der Waals surface area contributed by atoms with Gasteiger partial charge in [-0.2, -0.15) is 0 Å². The normalized spacial score (nSPS) is 45.1. The molecule has 224 valence electrons. The van der Waals surface area contributed by atoms with Gasteiger partial charge in [0.1, 0.15) is 5.78 Å². The maximum Gasteiger partial charge on any atom is 0.302 e. The Morgan fingerprint density at radius 2 is 1.68 bits per heavy atom. The number of hydrogen-bond acceptors (Lipinski definition) is 5. The second-order valence-corrected chi connectivity index (χ2v) is 15.5. The fourth-order valence-corrected chi connectivity index (χ4v) is 11.6. The van der Waals surface area contributed by atoms with Crippen LogP contribution in [-0.2, 0) is 14.3 Å². The van der Waals surface area contributed by atoms with Gasteiger partial charge in [-0.3, -0.25) is 14.4 Å². The monoisotopic (exact) mass is 562 g/mol.